The quantitative estimate of drug-likeness (QED) is 0.359. The van der Waals surface area contributed by atoms with Crippen molar-refractivity contribution in [2.45, 2.75) is 32.9 Å². The number of rotatable bonds is 1. The number of benzene rings is 3. The molecule has 0 fully saturated rings. The summed E-state index contributed by atoms with van der Waals surface area (Å²) in [6, 6.07) is 15.0. The van der Waals surface area contributed by atoms with Gasteiger partial charge in [0.1, 0.15) is 5.94 Å². The van der Waals surface area contributed by atoms with Crippen LogP contribution in [0.2, 0.25) is 0 Å². The average Bonchev–Trinajstić information content (AvgIpc) is 2.77. The molecule has 2 aliphatic carbocycles. The summed E-state index contributed by atoms with van der Waals surface area (Å²) in [4.78, 5) is 12.1. The second kappa shape index (κ2) is 7.08. The lowest BCUT2D eigenvalue weighted by atomic mass is 9.67. The van der Waals surface area contributed by atoms with E-state index < -0.39 is 11.7 Å². The summed E-state index contributed by atoms with van der Waals surface area (Å²) in [5, 5.41) is 1.14. The molecule has 0 bridgehead atoms. The summed E-state index contributed by atoms with van der Waals surface area (Å²) in [6.07, 6.45) is 1.08. The first-order chi connectivity index (χ1) is 15.2. The Bertz CT molecular complexity index is 1370. The van der Waals surface area contributed by atoms with Crippen LogP contribution in [0.5, 0.6) is 0 Å². The molecule has 0 atom stereocenters. The van der Waals surface area contributed by atoms with Crippen LogP contribution in [0.3, 0.4) is 0 Å². The van der Waals surface area contributed by atoms with Gasteiger partial charge in [0.15, 0.2) is 0 Å². The molecule has 0 spiro atoms. The molecule has 0 saturated heterocycles. The molecule has 2 aliphatic rings. The van der Waals surface area contributed by atoms with Crippen LogP contribution < -0.4 is 0 Å². The van der Waals surface area contributed by atoms with E-state index in [4.69, 9.17) is 0 Å². The van der Waals surface area contributed by atoms with Crippen molar-refractivity contribution in [3.8, 4) is 11.1 Å². The Labute approximate surface area is 184 Å². The lowest BCUT2D eigenvalue weighted by Gasteiger charge is -2.36. The van der Waals surface area contributed by atoms with Crippen molar-refractivity contribution in [1.29, 1.82) is 0 Å². The number of carbonyl (C=O) groups excluding carboxylic acids is 1. The zero-order chi connectivity index (χ0) is 22.7. The van der Waals surface area contributed by atoms with Gasteiger partial charge in [-0.25, -0.2) is 4.79 Å². The maximum atomic E-state index is 13.7. The molecule has 3 aromatic carbocycles. The fraction of sp³-hybridized carbons (Fsp3) is 0.214. The van der Waals surface area contributed by atoms with Gasteiger partial charge in [0.25, 0.3) is 0 Å². The molecule has 0 unspecified atom stereocenters. The SMILES string of the molecule is CC1(C)CC=CC2=C1CC(=C=O)c1c2ccc2cc(C(F)(F)F)cc(-c3ccccc3)c12. The molecule has 160 valence electrons. The Morgan fingerprint density at radius 3 is 2.41 bits per heavy atom. The number of hydrogen-bond donors (Lipinski definition) is 0. The highest BCUT2D eigenvalue weighted by Gasteiger charge is 2.36. The summed E-state index contributed by atoms with van der Waals surface area (Å²) in [6.45, 7) is 4.32. The number of hydrogen-bond acceptors (Lipinski definition) is 1. The molecule has 32 heavy (non-hydrogen) atoms. The molecule has 4 heteroatoms. The maximum absolute atomic E-state index is 13.7. The van der Waals surface area contributed by atoms with Gasteiger partial charge in [-0.05, 0) is 57.0 Å². The van der Waals surface area contributed by atoms with Gasteiger partial charge in [0, 0.05) is 17.6 Å². The van der Waals surface area contributed by atoms with Gasteiger partial charge >= 0.3 is 6.18 Å². The summed E-state index contributed by atoms with van der Waals surface area (Å²) < 4.78 is 41.1. The largest absolute Gasteiger partial charge is 0.416 e. The first-order valence-electron chi connectivity index (χ1n) is 10.6. The van der Waals surface area contributed by atoms with Crippen LogP contribution in [0.1, 0.15) is 43.4 Å². The number of allylic oxidation sites excluding steroid dienone is 5. The molecule has 0 radical (unpaired) electrons. The van der Waals surface area contributed by atoms with Crippen molar-refractivity contribution in [2.75, 3.05) is 0 Å². The second-order valence-electron chi connectivity index (χ2n) is 9.11. The molecule has 0 aromatic heterocycles. The van der Waals surface area contributed by atoms with Gasteiger partial charge in [-0.2, -0.15) is 13.2 Å². The van der Waals surface area contributed by atoms with Crippen molar-refractivity contribution in [3.63, 3.8) is 0 Å². The molecule has 0 saturated carbocycles. The zero-order valence-electron chi connectivity index (χ0n) is 17.8. The molecular weight excluding hydrogens is 409 g/mol. The number of fused-ring (bicyclic) bond motifs is 4. The van der Waals surface area contributed by atoms with Gasteiger partial charge in [-0.3, -0.25) is 0 Å². The topological polar surface area (TPSA) is 17.1 Å². The van der Waals surface area contributed by atoms with Crippen LogP contribution in [0.15, 0.2) is 72.3 Å². The van der Waals surface area contributed by atoms with E-state index in [9.17, 15) is 18.0 Å². The highest BCUT2D eigenvalue weighted by atomic mass is 19.4. The van der Waals surface area contributed by atoms with Gasteiger partial charge < -0.3 is 0 Å². The minimum Gasteiger partial charge on any atom is -0.233 e. The fourth-order valence-electron chi connectivity index (χ4n) is 5.01. The Balaban J connectivity index is 1.93. The van der Waals surface area contributed by atoms with Gasteiger partial charge in [-0.1, -0.05) is 74.0 Å². The van der Waals surface area contributed by atoms with E-state index in [0.29, 0.717) is 39.5 Å². The first-order valence-corrected chi connectivity index (χ1v) is 10.6. The van der Waals surface area contributed by atoms with Gasteiger partial charge in [0.05, 0.1) is 5.56 Å². The standard InChI is InChI=1S/C28H21F3O/c1-27(2)12-6-9-21-22-11-10-18-13-20(28(29,30)31)15-23(17-7-4-3-5-8-17)25(18)26(22)19(16-32)14-24(21)27/h3-11,13,15H,12,14H2,1-2H3. The van der Waals surface area contributed by atoms with Crippen molar-refractivity contribution in [2.24, 2.45) is 5.41 Å². The van der Waals surface area contributed by atoms with E-state index in [0.717, 1.165) is 17.6 Å². The first kappa shape index (κ1) is 20.5. The smallest absolute Gasteiger partial charge is 0.233 e. The Kier molecular flexibility index (Phi) is 4.54. The van der Waals surface area contributed by atoms with Crippen molar-refractivity contribution in [1.82, 2.24) is 0 Å². The normalized spacial score (nSPS) is 17.2. The number of halogens is 3. The summed E-state index contributed by atoms with van der Waals surface area (Å²) in [5.74, 6) is 2.13. The maximum Gasteiger partial charge on any atom is 0.416 e. The van der Waals surface area contributed by atoms with Crippen molar-refractivity contribution < 1.29 is 18.0 Å². The molecular formula is C28H21F3O. The van der Waals surface area contributed by atoms with Crippen LogP contribution in [0.4, 0.5) is 13.2 Å². The van der Waals surface area contributed by atoms with E-state index in [1.165, 1.54) is 17.7 Å². The van der Waals surface area contributed by atoms with Crippen LogP contribution in [-0.4, -0.2) is 5.94 Å². The highest BCUT2D eigenvalue weighted by molar-refractivity contribution is 6.13. The predicted octanol–water partition coefficient (Wildman–Crippen LogP) is 7.88. The van der Waals surface area contributed by atoms with Crippen molar-refractivity contribution in [3.05, 3.63) is 89.0 Å². The molecule has 1 nitrogen and oxygen atoms in total. The third-order valence-electron chi connectivity index (χ3n) is 6.65. The Morgan fingerprint density at radius 1 is 0.969 bits per heavy atom. The highest BCUT2D eigenvalue weighted by Crippen LogP contribution is 2.52. The van der Waals surface area contributed by atoms with Gasteiger partial charge in [-0.15, -0.1) is 0 Å². The average molecular weight is 430 g/mol. The molecule has 3 aromatic rings. The third-order valence-corrected chi connectivity index (χ3v) is 6.65. The molecule has 0 aliphatic heterocycles. The molecule has 0 N–H and O–H groups in total. The molecule has 0 heterocycles. The van der Waals surface area contributed by atoms with Gasteiger partial charge in [0.2, 0.25) is 0 Å². The fourth-order valence-corrected chi connectivity index (χ4v) is 5.01. The zero-order valence-corrected chi connectivity index (χ0v) is 17.8. The van der Waals surface area contributed by atoms with E-state index in [1.807, 2.05) is 12.1 Å². The lowest BCUT2D eigenvalue weighted by Crippen LogP contribution is -2.21. The summed E-state index contributed by atoms with van der Waals surface area (Å²) in [7, 11) is 0. The molecule has 0 amide bonds. The second-order valence-corrected chi connectivity index (χ2v) is 9.11. The monoisotopic (exact) mass is 430 g/mol. The summed E-state index contributed by atoms with van der Waals surface area (Å²) >= 11 is 0. The van der Waals surface area contributed by atoms with E-state index in [-0.39, 0.29) is 5.41 Å². The van der Waals surface area contributed by atoms with Crippen LogP contribution in [-0.2, 0) is 11.0 Å². The number of alkyl halides is 3. The Hall–Kier alpha value is -3.36. The predicted molar refractivity (Wildman–Crippen MR) is 123 cm³/mol. The summed E-state index contributed by atoms with van der Waals surface area (Å²) in [5.41, 5.74) is 4.70. The minimum absolute atomic E-state index is 0.0960. The van der Waals surface area contributed by atoms with E-state index in [2.05, 4.69) is 31.9 Å². The Morgan fingerprint density at radius 2 is 1.72 bits per heavy atom. The van der Waals surface area contributed by atoms with Crippen LogP contribution in [0.25, 0.3) is 33.0 Å². The van der Waals surface area contributed by atoms with Crippen molar-refractivity contribution >= 4 is 27.9 Å². The lowest BCUT2D eigenvalue weighted by molar-refractivity contribution is -0.137. The van der Waals surface area contributed by atoms with E-state index in [1.54, 1.807) is 30.3 Å². The van der Waals surface area contributed by atoms with Crippen LogP contribution >= 0.6 is 0 Å². The van der Waals surface area contributed by atoms with E-state index >= 15 is 0 Å². The van der Waals surface area contributed by atoms with Crippen LogP contribution in [0, 0.1) is 5.41 Å². The third kappa shape index (κ3) is 3.14. The minimum atomic E-state index is -4.47. The molecule has 5 rings (SSSR count).